The molecule has 7 aliphatic heterocycles. The Morgan fingerprint density at radius 1 is 0.303 bits per heavy atom. The van der Waals surface area contributed by atoms with Crippen molar-refractivity contribution in [2.24, 2.45) is 10.8 Å². The van der Waals surface area contributed by atoms with E-state index in [2.05, 4.69) is 245 Å². The van der Waals surface area contributed by atoms with Crippen LogP contribution in [0.5, 0.6) is 0 Å². The molecule has 0 saturated carbocycles. The van der Waals surface area contributed by atoms with Crippen molar-refractivity contribution in [1.82, 2.24) is 49.1 Å². The quantitative estimate of drug-likeness (QED) is 0.0359. The van der Waals surface area contributed by atoms with Gasteiger partial charge in [-0.25, -0.2) is 27.8 Å². The Bertz CT molecular complexity index is 4910. The molecular weight excluding hydrogens is 1910 g/mol. The van der Waals surface area contributed by atoms with Crippen molar-refractivity contribution in [2.45, 2.75) is 422 Å². The monoisotopic (exact) mass is 2110 g/mol. The minimum atomic E-state index is -3.28. The van der Waals surface area contributed by atoms with E-state index in [1.54, 1.807) is 14.2 Å². The first-order valence-corrected chi connectivity index (χ1v) is 62.5. The van der Waals surface area contributed by atoms with Gasteiger partial charge in [-0.3, -0.25) is 51.4 Å². The Morgan fingerprint density at radius 3 is 0.759 bits per heavy atom. The van der Waals surface area contributed by atoms with Gasteiger partial charge in [-0.1, -0.05) is 197 Å². The molecule has 818 valence electrons. The average molecular weight is 2110 g/mol. The average Bonchev–Trinajstić information content (AvgIpc) is 0.726. The number of hydrogen-bond acceptors (Lipinski definition) is 19. The second-order valence-electron chi connectivity index (χ2n) is 49.3. The van der Waals surface area contributed by atoms with Gasteiger partial charge in [0.15, 0.2) is 0 Å². The molecule has 7 saturated heterocycles. The van der Waals surface area contributed by atoms with Gasteiger partial charge in [0.2, 0.25) is 21.9 Å². The smallest absolute Gasteiger partial charge is 0.301 e. The van der Waals surface area contributed by atoms with Crippen molar-refractivity contribution < 1.29 is 65.1 Å². The number of nitrogens with zero attached hydrogens (tertiary/aromatic N) is 9. The van der Waals surface area contributed by atoms with E-state index in [9.17, 15) is 13.7 Å². The van der Waals surface area contributed by atoms with Crippen LogP contribution in [0.2, 0.25) is 0 Å². The minimum absolute atomic E-state index is 0.0949. The van der Waals surface area contributed by atoms with Gasteiger partial charge < -0.3 is 9.68 Å². The predicted octanol–water partition coefficient (Wildman–Crippen LogP) is 26.6. The lowest BCUT2D eigenvalue weighted by molar-refractivity contribution is -0.284. The van der Waals surface area contributed by atoms with E-state index in [0.29, 0.717) is 39.6 Å². The summed E-state index contributed by atoms with van der Waals surface area (Å²) in [7, 11) is -12.0. The van der Waals surface area contributed by atoms with E-state index < -0.39 is 37.4 Å². The van der Waals surface area contributed by atoms with E-state index in [0.717, 1.165) is 187 Å². The molecule has 13 rings (SSSR count). The summed E-state index contributed by atoms with van der Waals surface area (Å²) < 4.78 is 105. The second kappa shape index (κ2) is 51.8. The largest absolute Gasteiger partial charge is 0.408 e. The second-order valence-corrected chi connectivity index (χ2v) is 61.2. The normalized spacial score (nSPS) is 22.7. The van der Waals surface area contributed by atoms with Gasteiger partial charge in [-0.05, 0) is 321 Å². The maximum Gasteiger partial charge on any atom is 0.408 e. The molecule has 7 fully saturated rings. The zero-order chi connectivity index (χ0) is 108. The van der Waals surface area contributed by atoms with Crippen LogP contribution in [0.3, 0.4) is 0 Å². The Morgan fingerprint density at radius 2 is 0.524 bits per heavy atom. The van der Waals surface area contributed by atoms with Crippen molar-refractivity contribution in [3.63, 3.8) is 0 Å². The third-order valence-corrected chi connectivity index (χ3v) is 43.1. The summed E-state index contributed by atoms with van der Waals surface area (Å²) in [6.07, 6.45) is 18.0. The van der Waals surface area contributed by atoms with Gasteiger partial charge in [0.25, 0.3) is 0 Å². The molecule has 1 N–H and O–H groups in total. The molecule has 6 aromatic carbocycles. The molecule has 0 bridgehead atoms. The lowest BCUT2D eigenvalue weighted by Crippen LogP contribution is -2.64. The number of hydrogen-bond donors (Lipinski definition) is 1. The topological polar surface area (TPSA) is 210 Å². The summed E-state index contributed by atoms with van der Waals surface area (Å²) in [5.74, 6) is 0. The highest BCUT2D eigenvalue weighted by Gasteiger charge is 2.58. The summed E-state index contributed by atoms with van der Waals surface area (Å²) in [5, 5.41) is 19.7. The number of hydroxylamine groups is 10. The highest BCUT2D eigenvalue weighted by molar-refractivity contribution is 7.77. The molecule has 145 heavy (non-hydrogen) atoms. The van der Waals surface area contributed by atoms with Gasteiger partial charge in [0.1, 0.15) is 0 Å². The zero-order valence-electron chi connectivity index (χ0n) is 95.9. The maximum atomic E-state index is 15.2. The van der Waals surface area contributed by atoms with E-state index >= 15 is 9.13 Å². The molecule has 0 amide bonds. The number of unbranched alkanes of at least 4 members (excludes halogenated alkanes) is 4. The molecule has 7 heterocycles. The van der Waals surface area contributed by atoms with Gasteiger partial charge in [0, 0.05) is 154 Å². The zero-order valence-corrected chi connectivity index (χ0v) is 100. The number of rotatable bonds is 37. The Hall–Kier alpha value is -4.29. The van der Waals surface area contributed by atoms with Crippen LogP contribution in [0.4, 0.5) is 0 Å². The van der Waals surface area contributed by atoms with Crippen LogP contribution in [-0.2, 0) is 65.1 Å². The summed E-state index contributed by atoms with van der Waals surface area (Å²) in [4.78, 5) is 29.8. The van der Waals surface area contributed by atoms with E-state index in [-0.39, 0.29) is 96.4 Å². The first kappa shape index (κ1) is 124. The van der Waals surface area contributed by atoms with E-state index in [1.165, 1.54) is 0 Å². The fourth-order valence-corrected chi connectivity index (χ4v) is 38.0. The summed E-state index contributed by atoms with van der Waals surface area (Å²) >= 11 is 0. The molecule has 0 spiro atoms. The van der Waals surface area contributed by atoms with Gasteiger partial charge in [-0.2, -0.15) is 25.3 Å². The summed E-state index contributed by atoms with van der Waals surface area (Å²) in [6.45, 7) is 74.6. The van der Waals surface area contributed by atoms with Crippen LogP contribution in [0.15, 0.2) is 182 Å². The van der Waals surface area contributed by atoms with Crippen molar-refractivity contribution in [3.05, 3.63) is 182 Å². The maximum absolute atomic E-state index is 15.2. The Kier molecular flexibility index (Phi) is 44.4. The third-order valence-electron chi connectivity index (χ3n) is 29.7. The molecule has 0 atom stereocenters. The first-order chi connectivity index (χ1) is 67.8. The van der Waals surface area contributed by atoms with Crippen LogP contribution in [0.1, 0.15) is 337 Å². The number of nitrogens with one attached hydrogen (secondary N) is 1. The van der Waals surface area contributed by atoms with Crippen molar-refractivity contribution in [2.75, 3.05) is 86.6 Å². The SMILES string of the molecule is CCCCN(C1CC(C)(C)N(OC)C(C)(C)C1)P(=O)(c1ccccc1)c1ccccc1.CCCCN(C1CC(C)(C)N(OC)C(C)(C)C1)P1(=O)OCC(C)(C)CO1.CCCCN(C1CC(C)(C)N(OCC)C(C)(C)C1)P(=O)(c1ccccc1)c1ccccc1.CCCCN(C1CC(C)(C)N(OCC)C(C)(C)C1)P1(=O)OCC(C)(C)CO1.CCCON1C(C)(C)CC(NP(=O)(c2ccccc2)c2ccccc2)CC1(C)C. The summed E-state index contributed by atoms with van der Waals surface area (Å²) in [5.41, 5.74) is -1.82. The van der Waals surface area contributed by atoms with Crippen molar-refractivity contribution in [1.29, 1.82) is 0 Å². The molecular formula is C116H195N10O14P5. The molecule has 0 radical (unpaired) electrons. The number of piperidine rings is 5. The van der Waals surface area contributed by atoms with E-state index in [4.69, 9.17) is 42.3 Å². The Balaban J connectivity index is 0.000000202. The molecule has 29 heteroatoms. The number of benzene rings is 6. The lowest BCUT2D eigenvalue weighted by Gasteiger charge is -2.56. The van der Waals surface area contributed by atoms with Crippen molar-refractivity contribution >= 4 is 69.2 Å². The Labute approximate surface area is 879 Å². The molecule has 0 aliphatic carbocycles. The van der Waals surface area contributed by atoms with Crippen LogP contribution in [0, 0.1) is 10.8 Å². The van der Waals surface area contributed by atoms with Crippen LogP contribution < -0.4 is 36.9 Å². The van der Waals surface area contributed by atoms with Gasteiger partial charge in [-0.15, -0.1) is 0 Å². The molecule has 24 nitrogen and oxygen atoms in total. The van der Waals surface area contributed by atoms with Gasteiger partial charge >= 0.3 is 15.5 Å². The highest BCUT2D eigenvalue weighted by atomic mass is 31.2. The van der Waals surface area contributed by atoms with E-state index in [1.807, 2.05) is 201 Å². The lowest BCUT2D eigenvalue weighted by atomic mass is 9.79. The predicted molar refractivity (Wildman–Crippen MR) is 604 cm³/mol. The molecule has 6 aromatic rings. The van der Waals surface area contributed by atoms with Crippen molar-refractivity contribution in [3.8, 4) is 0 Å². The van der Waals surface area contributed by atoms with Crippen LogP contribution in [-0.4, -0.2) is 216 Å². The third kappa shape index (κ3) is 30.9. The molecule has 0 unspecified atom stereocenters. The first-order valence-electron chi connectivity index (χ1n) is 54.5. The summed E-state index contributed by atoms with van der Waals surface area (Å²) in [6, 6.07) is 60.8. The molecule has 0 aromatic heterocycles. The fourth-order valence-electron chi connectivity index (χ4n) is 24.6. The van der Waals surface area contributed by atoms with Gasteiger partial charge in [0.05, 0.1) is 60.5 Å². The minimum Gasteiger partial charge on any atom is -0.301 e. The highest BCUT2D eigenvalue weighted by Crippen LogP contribution is 2.63. The van der Waals surface area contributed by atoms with Crippen LogP contribution >= 0.6 is 37.4 Å². The molecule has 7 aliphatic rings. The fraction of sp³-hybridized carbons (Fsp3) is 0.690. The standard InChI is InChI=1S/C27H41N2O2P.C26H39N2O2P.C24H35N2O2P.C20H41N2O4P.C19H39N2O4P/c1-7-9-20-28(23-21-26(3,4)29(31-8-2)27(5,6)22-23)32(30,24-16-12-10-13-17-24)25-18-14-11-15-19-25;1-7-8-19-27(22-20-25(2,3)28(30-6)26(4,5)21-22)31(29,23-15-11-9-12-16-23)24-17-13-10-14-18-24;1-6-17-28-26-23(2,3)18-20(19-24(26,4)5)25-29(27,21-13-9-7-10-14-21)22-15-11-8-12-16-22;1-9-11-12-21(27(23)25-15-18(3,4)16-26-27)17-13-19(5,6)22(24-10-2)20(7,8)14-17;1-9-10-11-20(26(22)24-14-17(2,3)15-25-26)16-12-18(4,5)21(23-8)19(6,7)13-16/h10-19,23H,7-9,20-22H2,1-6H3;9-18,22H,7-8,19-21H2,1-6H3;7-16,20H,6,17-19H2,1-5H3,(H,25,27);17H,9-16H2,1-8H3;16H,9-15H2,1-8H3. The van der Waals surface area contributed by atoms with Crippen LogP contribution in [0.25, 0.3) is 0 Å².